The molecular formula is C11H17N3O3S. The van der Waals surface area contributed by atoms with Crippen LogP contribution in [0.1, 0.15) is 48.5 Å². The zero-order chi connectivity index (χ0) is 13.8. The van der Waals surface area contributed by atoms with Gasteiger partial charge in [0.1, 0.15) is 4.88 Å². The van der Waals surface area contributed by atoms with Crippen LogP contribution in [-0.4, -0.2) is 32.1 Å². The molecule has 0 aliphatic rings. The highest BCUT2D eigenvalue weighted by Crippen LogP contribution is 2.21. The molecule has 0 aliphatic heterocycles. The van der Waals surface area contributed by atoms with Crippen LogP contribution in [0.5, 0.6) is 0 Å². The van der Waals surface area contributed by atoms with Gasteiger partial charge in [0.05, 0.1) is 17.7 Å². The number of nitrogens with zero attached hydrogens (tertiary/aromatic N) is 2. The molecular weight excluding hydrogens is 254 g/mol. The van der Waals surface area contributed by atoms with Gasteiger partial charge in [-0.25, -0.2) is 0 Å². The third-order valence-electron chi connectivity index (χ3n) is 3.08. The molecule has 7 heteroatoms. The molecule has 0 spiro atoms. The van der Waals surface area contributed by atoms with Gasteiger partial charge in [-0.15, -0.1) is 5.10 Å². The molecule has 1 aromatic rings. The minimum atomic E-state index is -0.918. The summed E-state index contributed by atoms with van der Waals surface area (Å²) in [6.45, 7) is 5.43. The second kappa shape index (κ2) is 5.90. The summed E-state index contributed by atoms with van der Waals surface area (Å²) in [6.07, 6.45) is 1.04. The van der Waals surface area contributed by atoms with Gasteiger partial charge >= 0.3 is 5.97 Å². The largest absolute Gasteiger partial charge is 0.481 e. The lowest BCUT2D eigenvalue weighted by Gasteiger charge is -2.31. The Balaban J connectivity index is 2.87. The van der Waals surface area contributed by atoms with Crippen molar-refractivity contribution in [2.45, 2.75) is 45.6 Å². The predicted octanol–water partition coefficient (Wildman–Crippen LogP) is 1.61. The summed E-state index contributed by atoms with van der Waals surface area (Å²) in [5.74, 6) is -1.22. The van der Waals surface area contributed by atoms with E-state index in [0.717, 1.165) is 11.5 Å². The summed E-state index contributed by atoms with van der Waals surface area (Å²) in [5.41, 5.74) is -0.145. The van der Waals surface area contributed by atoms with Gasteiger partial charge in [0.15, 0.2) is 0 Å². The number of aromatic nitrogens is 2. The third-order valence-corrected chi connectivity index (χ3v) is 3.91. The minimum absolute atomic E-state index is 0.0863. The molecule has 0 fully saturated rings. The molecule has 0 bridgehead atoms. The fourth-order valence-electron chi connectivity index (χ4n) is 1.75. The summed E-state index contributed by atoms with van der Waals surface area (Å²) in [6, 6.07) is 0. The minimum Gasteiger partial charge on any atom is -0.481 e. The van der Waals surface area contributed by atoms with Crippen molar-refractivity contribution in [3.8, 4) is 0 Å². The Hall–Kier alpha value is -1.50. The smallest absolute Gasteiger partial charge is 0.305 e. The zero-order valence-electron chi connectivity index (χ0n) is 10.7. The number of aliphatic carboxylic acids is 1. The van der Waals surface area contributed by atoms with Crippen molar-refractivity contribution in [1.29, 1.82) is 0 Å². The van der Waals surface area contributed by atoms with E-state index in [0.29, 0.717) is 23.4 Å². The molecule has 0 aliphatic carbocycles. The Morgan fingerprint density at radius 2 is 2.00 bits per heavy atom. The molecule has 0 radical (unpaired) electrons. The van der Waals surface area contributed by atoms with Crippen LogP contribution in [0.15, 0.2) is 0 Å². The number of hydrogen-bond acceptors (Lipinski definition) is 5. The lowest BCUT2D eigenvalue weighted by molar-refractivity contribution is -0.138. The number of rotatable bonds is 6. The maximum atomic E-state index is 12.1. The van der Waals surface area contributed by atoms with Crippen LogP contribution in [0, 0.1) is 6.92 Å². The highest BCUT2D eigenvalue weighted by molar-refractivity contribution is 7.08. The first-order chi connectivity index (χ1) is 8.44. The molecule has 0 atom stereocenters. The van der Waals surface area contributed by atoms with Crippen molar-refractivity contribution in [1.82, 2.24) is 14.9 Å². The fourth-order valence-corrected chi connectivity index (χ4v) is 2.30. The fraction of sp³-hybridized carbons (Fsp3) is 0.636. The number of carbonyl (C=O) groups excluding carboxylic acids is 1. The molecule has 0 unspecified atom stereocenters. The first kappa shape index (κ1) is 14.6. The Morgan fingerprint density at radius 1 is 1.39 bits per heavy atom. The van der Waals surface area contributed by atoms with E-state index < -0.39 is 11.5 Å². The Labute approximate surface area is 110 Å². The second-order valence-electron chi connectivity index (χ2n) is 4.20. The summed E-state index contributed by atoms with van der Waals surface area (Å²) in [7, 11) is 0. The van der Waals surface area contributed by atoms with Crippen molar-refractivity contribution >= 4 is 23.4 Å². The second-order valence-corrected chi connectivity index (χ2v) is 4.95. The SMILES string of the molecule is CCC(CC)(CC(=O)O)NC(=O)c1snnc1C. The van der Waals surface area contributed by atoms with Crippen LogP contribution in [0.2, 0.25) is 0 Å². The summed E-state index contributed by atoms with van der Waals surface area (Å²) >= 11 is 1.02. The first-order valence-electron chi connectivity index (χ1n) is 5.77. The van der Waals surface area contributed by atoms with Crippen LogP contribution < -0.4 is 5.32 Å². The number of carboxylic acid groups (broad SMARTS) is 1. The topological polar surface area (TPSA) is 92.2 Å². The molecule has 6 nitrogen and oxygen atoms in total. The van der Waals surface area contributed by atoms with Crippen molar-refractivity contribution in [3.63, 3.8) is 0 Å². The van der Waals surface area contributed by atoms with Crippen LogP contribution in [0.3, 0.4) is 0 Å². The molecule has 0 saturated carbocycles. The average Bonchev–Trinajstić information content (AvgIpc) is 2.74. The average molecular weight is 271 g/mol. The van der Waals surface area contributed by atoms with Gasteiger partial charge in [-0.1, -0.05) is 18.3 Å². The van der Waals surface area contributed by atoms with E-state index in [9.17, 15) is 9.59 Å². The monoisotopic (exact) mass is 271 g/mol. The molecule has 18 heavy (non-hydrogen) atoms. The summed E-state index contributed by atoms with van der Waals surface area (Å²) in [5, 5.41) is 15.5. The van der Waals surface area contributed by atoms with Gasteiger partial charge in [-0.3, -0.25) is 9.59 Å². The van der Waals surface area contributed by atoms with E-state index in [1.807, 2.05) is 13.8 Å². The van der Waals surface area contributed by atoms with Crippen molar-refractivity contribution in [3.05, 3.63) is 10.6 Å². The van der Waals surface area contributed by atoms with Gasteiger partial charge in [0, 0.05) is 0 Å². The molecule has 1 aromatic heterocycles. The maximum Gasteiger partial charge on any atom is 0.305 e. The van der Waals surface area contributed by atoms with Crippen LogP contribution in [0.4, 0.5) is 0 Å². The molecule has 100 valence electrons. The van der Waals surface area contributed by atoms with Gasteiger partial charge in [0.2, 0.25) is 0 Å². The lowest BCUT2D eigenvalue weighted by Crippen LogP contribution is -2.49. The van der Waals surface area contributed by atoms with Crippen molar-refractivity contribution in [2.75, 3.05) is 0 Å². The number of aryl methyl sites for hydroxylation is 1. The Kier molecular flexibility index (Phi) is 4.77. The quantitative estimate of drug-likeness (QED) is 0.820. The van der Waals surface area contributed by atoms with E-state index >= 15 is 0 Å². The van der Waals surface area contributed by atoms with E-state index in [1.54, 1.807) is 6.92 Å². The van der Waals surface area contributed by atoms with Gasteiger partial charge in [-0.05, 0) is 31.3 Å². The lowest BCUT2D eigenvalue weighted by atomic mass is 9.89. The van der Waals surface area contributed by atoms with Crippen LogP contribution in [-0.2, 0) is 4.79 Å². The zero-order valence-corrected chi connectivity index (χ0v) is 11.5. The number of amides is 1. The Morgan fingerprint density at radius 3 is 2.39 bits per heavy atom. The Bertz CT molecular complexity index is 440. The standard InChI is InChI=1S/C11H17N3O3S/c1-4-11(5-2,6-8(15)16)12-10(17)9-7(3)13-14-18-9/h4-6H2,1-3H3,(H,12,17)(H,15,16). The van der Waals surface area contributed by atoms with Crippen LogP contribution >= 0.6 is 11.5 Å². The third kappa shape index (κ3) is 3.25. The van der Waals surface area contributed by atoms with Crippen molar-refractivity contribution in [2.24, 2.45) is 0 Å². The molecule has 1 amide bonds. The van der Waals surface area contributed by atoms with Crippen molar-refractivity contribution < 1.29 is 14.7 Å². The molecule has 2 N–H and O–H groups in total. The number of hydrogen-bond donors (Lipinski definition) is 2. The van der Waals surface area contributed by atoms with E-state index in [4.69, 9.17) is 5.11 Å². The van der Waals surface area contributed by atoms with Gasteiger partial charge in [0.25, 0.3) is 5.91 Å². The highest BCUT2D eigenvalue weighted by Gasteiger charge is 2.32. The normalized spacial score (nSPS) is 11.3. The molecule has 0 saturated heterocycles. The number of carboxylic acids is 1. The molecule has 1 heterocycles. The summed E-state index contributed by atoms with van der Waals surface area (Å²) < 4.78 is 3.70. The maximum absolute atomic E-state index is 12.1. The number of carbonyl (C=O) groups is 2. The highest BCUT2D eigenvalue weighted by atomic mass is 32.1. The molecule has 1 rings (SSSR count). The molecule has 0 aromatic carbocycles. The van der Waals surface area contributed by atoms with Gasteiger partial charge in [-0.2, -0.15) is 0 Å². The number of nitrogens with one attached hydrogen (secondary N) is 1. The summed E-state index contributed by atoms with van der Waals surface area (Å²) in [4.78, 5) is 23.4. The van der Waals surface area contributed by atoms with E-state index in [2.05, 4.69) is 14.9 Å². The predicted molar refractivity (Wildman–Crippen MR) is 67.7 cm³/mol. The van der Waals surface area contributed by atoms with E-state index in [-0.39, 0.29) is 12.3 Å². The van der Waals surface area contributed by atoms with Crippen LogP contribution in [0.25, 0.3) is 0 Å². The first-order valence-corrected chi connectivity index (χ1v) is 6.54. The van der Waals surface area contributed by atoms with E-state index in [1.165, 1.54) is 0 Å². The van der Waals surface area contributed by atoms with Gasteiger partial charge < -0.3 is 10.4 Å².